The van der Waals surface area contributed by atoms with Crippen molar-refractivity contribution in [1.29, 1.82) is 0 Å². The maximum absolute atomic E-state index is 12.7. The lowest BCUT2D eigenvalue weighted by atomic mass is 10.1. The summed E-state index contributed by atoms with van der Waals surface area (Å²) < 4.78 is 43.1. The second kappa shape index (κ2) is 5.08. The van der Waals surface area contributed by atoms with Crippen LogP contribution >= 0.6 is 0 Å². The van der Waals surface area contributed by atoms with Gasteiger partial charge in [-0.2, -0.15) is 13.2 Å². The van der Waals surface area contributed by atoms with Gasteiger partial charge in [0.25, 0.3) is 0 Å². The number of nitrogens with two attached hydrogens (primary N) is 1. The van der Waals surface area contributed by atoms with Crippen LogP contribution in [0.5, 0.6) is 5.75 Å². The fourth-order valence-corrected chi connectivity index (χ4v) is 2.10. The zero-order valence-corrected chi connectivity index (χ0v) is 10.2. The fourth-order valence-electron chi connectivity index (χ4n) is 2.10. The lowest BCUT2D eigenvalue weighted by Gasteiger charge is -2.21. The highest BCUT2D eigenvalue weighted by atomic mass is 19.4. The molecule has 1 aliphatic heterocycles. The summed E-state index contributed by atoms with van der Waals surface area (Å²) in [4.78, 5) is 9.36. The molecule has 3 N–H and O–H groups in total. The van der Waals surface area contributed by atoms with Crippen molar-refractivity contribution in [2.75, 3.05) is 30.5 Å². The van der Waals surface area contributed by atoms with Gasteiger partial charge in [-0.15, -0.1) is 0 Å². The van der Waals surface area contributed by atoms with Crippen LogP contribution in [0.4, 0.5) is 24.8 Å². The Bertz CT molecular complexity index is 453. The SMILES string of the molecule is COc1c(NN)ncnc1N1CCC(C(F)(F)F)C1. The largest absolute Gasteiger partial charge is 0.490 e. The average Bonchev–Trinajstić information content (AvgIpc) is 2.86. The van der Waals surface area contributed by atoms with Crippen molar-refractivity contribution in [1.82, 2.24) is 9.97 Å². The Morgan fingerprint density at radius 3 is 2.74 bits per heavy atom. The highest BCUT2D eigenvalue weighted by Crippen LogP contribution is 2.38. The minimum atomic E-state index is -4.19. The molecule has 0 bridgehead atoms. The molecule has 0 aromatic carbocycles. The van der Waals surface area contributed by atoms with Gasteiger partial charge in [-0.1, -0.05) is 0 Å². The molecular formula is C10H14F3N5O. The first-order valence-corrected chi connectivity index (χ1v) is 5.64. The number of hydrogen-bond acceptors (Lipinski definition) is 6. The average molecular weight is 277 g/mol. The van der Waals surface area contributed by atoms with Crippen LogP contribution in [0.1, 0.15) is 6.42 Å². The Hall–Kier alpha value is -1.77. The van der Waals surface area contributed by atoms with Crippen molar-refractivity contribution >= 4 is 11.6 Å². The van der Waals surface area contributed by atoms with Gasteiger partial charge in [0.2, 0.25) is 5.75 Å². The van der Waals surface area contributed by atoms with Crippen molar-refractivity contribution in [3.8, 4) is 5.75 Å². The zero-order chi connectivity index (χ0) is 14.0. The summed E-state index contributed by atoms with van der Waals surface area (Å²) in [5.41, 5.74) is 2.33. The number of rotatable bonds is 3. The summed E-state index contributed by atoms with van der Waals surface area (Å²) in [7, 11) is 1.39. The molecule has 2 heterocycles. The lowest BCUT2D eigenvalue weighted by Crippen LogP contribution is -2.28. The molecule has 106 valence electrons. The summed E-state index contributed by atoms with van der Waals surface area (Å²) in [5.74, 6) is 4.72. The van der Waals surface area contributed by atoms with Gasteiger partial charge in [0, 0.05) is 13.1 Å². The predicted molar refractivity (Wildman–Crippen MR) is 62.8 cm³/mol. The molecule has 1 fully saturated rings. The van der Waals surface area contributed by atoms with Crippen LogP contribution in [0.25, 0.3) is 0 Å². The number of alkyl halides is 3. The topological polar surface area (TPSA) is 76.3 Å². The summed E-state index contributed by atoms with van der Waals surface area (Å²) in [6.07, 6.45) is -2.92. The van der Waals surface area contributed by atoms with Crippen molar-refractivity contribution < 1.29 is 17.9 Å². The van der Waals surface area contributed by atoms with Crippen LogP contribution in [0.2, 0.25) is 0 Å². The quantitative estimate of drug-likeness (QED) is 0.638. The molecule has 9 heteroatoms. The third-order valence-electron chi connectivity index (χ3n) is 3.08. The molecule has 1 atom stereocenters. The number of nitrogens with zero attached hydrogens (tertiary/aromatic N) is 3. The molecule has 1 aromatic heterocycles. The summed E-state index contributed by atoms with van der Waals surface area (Å²) in [5, 5.41) is 0. The Kier molecular flexibility index (Phi) is 3.65. The second-order valence-electron chi connectivity index (χ2n) is 4.20. The van der Waals surface area contributed by atoms with Crippen LogP contribution in [0.3, 0.4) is 0 Å². The molecule has 0 spiro atoms. The fraction of sp³-hybridized carbons (Fsp3) is 0.600. The molecule has 0 saturated carbocycles. The van der Waals surface area contributed by atoms with E-state index in [-0.39, 0.29) is 31.1 Å². The number of ether oxygens (including phenoxy) is 1. The lowest BCUT2D eigenvalue weighted by molar-refractivity contribution is -0.168. The van der Waals surface area contributed by atoms with Crippen molar-refractivity contribution in [3.63, 3.8) is 0 Å². The van der Waals surface area contributed by atoms with Gasteiger partial charge in [0.05, 0.1) is 13.0 Å². The first-order valence-electron chi connectivity index (χ1n) is 5.64. The van der Waals surface area contributed by atoms with Crippen LogP contribution in [0.15, 0.2) is 6.33 Å². The number of hydrazine groups is 1. The van der Waals surface area contributed by atoms with E-state index in [9.17, 15) is 13.2 Å². The summed E-state index contributed by atoms with van der Waals surface area (Å²) >= 11 is 0. The van der Waals surface area contributed by atoms with E-state index >= 15 is 0 Å². The van der Waals surface area contributed by atoms with E-state index in [1.165, 1.54) is 18.3 Å². The van der Waals surface area contributed by atoms with Crippen LogP contribution in [-0.2, 0) is 0 Å². The number of methoxy groups -OCH3 is 1. The second-order valence-corrected chi connectivity index (χ2v) is 4.20. The molecule has 6 nitrogen and oxygen atoms in total. The monoisotopic (exact) mass is 277 g/mol. The Labute approximate surface area is 107 Å². The smallest absolute Gasteiger partial charge is 0.393 e. The van der Waals surface area contributed by atoms with E-state index in [2.05, 4.69) is 15.4 Å². The minimum absolute atomic E-state index is 0.0437. The van der Waals surface area contributed by atoms with E-state index in [0.717, 1.165) is 0 Å². The predicted octanol–water partition coefficient (Wildman–Crippen LogP) is 1.16. The Morgan fingerprint density at radius 2 is 2.21 bits per heavy atom. The van der Waals surface area contributed by atoms with E-state index in [0.29, 0.717) is 5.82 Å². The molecular weight excluding hydrogens is 263 g/mol. The molecule has 0 aliphatic carbocycles. The maximum atomic E-state index is 12.7. The Balaban J connectivity index is 2.24. The van der Waals surface area contributed by atoms with Crippen LogP contribution in [0, 0.1) is 5.92 Å². The number of anilines is 2. The molecule has 2 rings (SSSR count). The Morgan fingerprint density at radius 1 is 1.47 bits per heavy atom. The van der Waals surface area contributed by atoms with Crippen LogP contribution < -0.4 is 20.9 Å². The highest BCUT2D eigenvalue weighted by Gasteiger charge is 2.44. The van der Waals surface area contributed by atoms with Gasteiger partial charge in [-0.25, -0.2) is 15.8 Å². The van der Waals surface area contributed by atoms with Crippen molar-refractivity contribution in [3.05, 3.63) is 6.33 Å². The number of hydrogen-bond donors (Lipinski definition) is 2. The van der Waals surface area contributed by atoms with E-state index in [1.54, 1.807) is 0 Å². The van der Waals surface area contributed by atoms with Crippen molar-refractivity contribution in [2.45, 2.75) is 12.6 Å². The molecule has 1 aliphatic rings. The highest BCUT2D eigenvalue weighted by molar-refractivity contribution is 5.64. The molecule has 19 heavy (non-hydrogen) atoms. The maximum Gasteiger partial charge on any atom is 0.393 e. The molecule has 0 radical (unpaired) electrons. The van der Waals surface area contributed by atoms with Gasteiger partial charge in [0.1, 0.15) is 6.33 Å². The molecule has 1 aromatic rings. The first kappa shape index (κ1) is 13.7. The number of aromatic nitrogens is 2. The zero-order valence-electron chi connectivity index (χ0n) is 10.2. The molecule has 1 saturated heterocycles. The third kappa shape index (κ3) is 2.65. The van der Waals surface area contributed by atoms with Gasteiger partial charge >= 0.3 is 6.18 Å². The third-order valence-corrected chi connectivity index (χ3v) is 3.08. The van der Waals surface area contributed by atoms with Gasteiger partial charge in [0.15, 0.2) is 11.6 Å². The van der Waals surface area contributed by atoms with Gasteiger partial charge < -0.3 is 15.1 Å². The normalized spacial score (nSPS) is 19.6. The minimum Gasteiger partial charge on any atom is -0.490 e. The van der Waals surface area contributed by atoms with E-state index in [1.807, 2.05) is 0 Å². The number of nitrogen functional groups attached to an aromatic ring is 1. The molecule has 1 unspecified atom stereocenters. The van der Waals surface area contributed by atoms with E-state index in [4.69, 9.17) is 10.6 Å². The number of halogens is 3. The van der Waals surface area contributed by atoms with Crippen LogP contribution in [-0.4, -0.2) is 36.3 Å². The van der Waals surface area contributed by atoms with Crippen molar-refractivity contribution in [2.24, 2.45) is 11.8 Å². The summed E-state index contributed by atoms with van der Waals surface area (Å²) in [6, 6.07) is 0. The summed E-state index contributed by atoms with van der Waals surface area (Å²) in [6.45, 7) is 0.127. The van der Waals surface area contributed by atoms with E-state index < -0.39 is 12.1 Å². The standard InChI is InChI=1S/C10H14F3N5O/c1-19-7-8(17-14)15-5-16-9(7)18-3-2-6(4-18)10(11,12)13/h5-6H,2-4,14H2,1H3,(H,15,16,17). The van der Waals surface area contributed by atoms with Gasteiger partial charge in [-0.05, 0) is 6.42 Å². The number of nitrogens with one attached hydrogen (secondary N) is 1. The molecule has 0 amide bonds. The first-order chi connectivity index (χ1) is 8.97. The van der Waals surface area contributed by atoms with Gasteiger partial charge in [-0.3, -0.25) is 0 Å².